The molecule has 0 amide bonds. The monoisotopic (exact) mass is 1350 g/mol. The number of fused-ring (bicyclic) bond motifs is 10. The highest BCUT2D eigenvalue weighted by Crippen LogP contribution is 2.42. The van der Waals surface area contributed by atoms with Crippen molar-refractivity contribution in [2.24, 2.45) is 0 Å². The van der Waals surface area contributed by atoms with Crippen LogP contribution in [0.4, 0.5) is 0 Å². The summed E-state index contributed by atoms with van der Waals surface area (Å²) in [5, 5.41) is 9.81. The van der Waals surface area contributed by atoms with Gasteiger partial charge in [-0.05, 0) is 127 Å². The molecule has 0 saturated carbocycles. The number of para-hydroxylation sites is 2. The van der Waals surface area contributed by atoms with Crippen LogP contribution in [0.25, 0.3) is 189 Å². The lowest BCUT2D eigenvalue weighted by atomic mass is 9.96. The molecule has 0 bridgehead atoms. The van der Waals surface area contributed by atoms with Crippen molar-refractivity contribution in [3.63, 3.8) is 0 Å². The highest BCUT2D eigenvalue weighted by atomic mass is 15.1. The molecule has 20 rings (SSSR count). The molecule has 0 N–H and O–H groups in total. The van der Waals surface area contributed by atoms with Gasteiger partial charge in [0.1, 0.15) is 0 Å². The van der Waals surface area contributed by atoms with Crippen LogP contribution in [-0.2, 0) is 0 Å². The zero-order valence-corrected chi connectivity index (χ0v) is 57.5. The molecule has 0 radical (unpaired) electrons. The number of aromatic nitrogens is 8. The Bertz CT molecular complexity index is 6530. The Morgan fingerprint density at radius 3 is 0.840 bits per heavy atom. The van der Waals surface area contributed by atoms with Crippen LogP contribution >= 0.6 is 0 Å². The van der Waals surface area contributed by atoms with E-state index in [0.29, 0.717) is 34.9 Å². The standard InChI is InChI=1S/2C49H32N4/c1-4-13-33(14-5-1)34-23-25-35(26-24-34)38-27-29-42-39(31-38)28-30-45-46(42)43-21-10-11-22-44(43)53(45)41-20-12-19-40(32-41)49-51-47(36-15-6-2-7-16-36)50-48(52-49)37-17-8-3-9-18-37;1-4-13-33(14-5-1)34-23-25-35(26-24-34)39-28-27-36-29-30-45-46(43(36)32-39)42-21-10-11-22-44(42)53(45)41-20-12-19-40(31-41)49-51-47(37-15-6-2-7-16-37)50-48(52-49)38-17-8-3-9-18-38/h2*1-32H. The van der Waals surface area contributed by atoms with Gasteiger partial charge in [0, 0.05) is 66.3 Å². The van der Waals surface area contributed by atoms with Crippen LogP contribution in [0.1, 0.15) is 0 Å². The normalized spacial score (nSPS) is 11.4. The van der Waals surface area contributed by atoms with Crippen LogP contribution in [0.5, 0.6) is 0 Å². The highest BCUT2D eigenvalue weighted by molar-refractivity contribution is 6.23. The average molecular weight is 1350 g/mol. The van der Waals surface area contributed by atoms with Gasteiger partial charge in [0.15, 0.2) is 34.9 Å². The molecule has 4 aromatic heterocycles. The van der Waals surface area contributed by atoms with Crippen LogP contribution in [0, 0.1) is 0 Å². The molecule has 0 aliphatic rings. The van der Waals surface area contributed by atoms with Crippen molar-refractivity contribution in [3.05, 3.63) is 388 Å². The minimum atomic E-state index is 0.633. The Morgan fingerprint density at radius 1 is 0.151 bits per heavy atom. The molecule has 8 nitrogen and oxygen atoms in total. The van der Waals surface area contributed by atoms with Crippen molar-refractivity contribution >= 4 is 65.2 Å². The molecule has 0 saturated heterocycles. The smallest absolute Gasteiger partial charge is 0.164 e. The van der Waals surface area contributed by atoms with Gasteiger partial charge in [-0.1, -0.05) is 328 Å². The molecule has 0 fully saturated rings. The van der Waals surface area contributed by atoms with Crippen molar-refractivity contribution < 1.29 is 0 Å². The summed E-state index contributed by atoms with van der Waals surface area (Å²) in [4.78, 5) is 29.9. The molecular weight excluding hydrogens is 1290 g/mol. The van der Waals surface area contributed by atoms with E-state index in [1.165, 1.54) is 87.6 Å². The Kier molecular flexibility index (Phi) is 16.1. The van der Waals surface area contributed by atoms with Gasteiger partial charge in [-0.2, -0.15) is 0 Å². The van der Waals surface area contributed by atoms with E-state index in [1.807, 2.05) is 121 Å². The summed E-state index contributed by atoms with van der Waals surface area (Å²) >= 11 is 0. The predicted octanol–water partition coefficient (Wildman–Crippen LogP) is 24.9. The second-order valence-electron chi connectivity index (χ2n) is 26.6. The lowest BCUT2D eigenvalue weighted by Crippen LogP contribution is -2.01. The van der Waals surface area contributed by atoms with Crippen molar-refractivity contribution in [3.8, 4) is 124 Å². The summed E-state index contributed by atoms with van der Waals surface area (Å²) < 4.78 is 4.73. The van der Waals surface area contributed by atoms with E-state index in [9.17, 15) is 0 Å². The number of benzene rings is 16. The van der Waals surface area contributed by atoms with Crippen molar-refractivity contribution in [2.75, 3.05) is 0 Å². The van der Waals surface area contributed by atoms with E-state index < -0.39 is 0 Å². The average Bonchev–Trinajstić information content (AvgIpc) is 1.56. The first-order valence-electron chi connectivity index (χ1n) is 35.7. The molecule has 106 heavy (non-hydrogen) atoms. The van der Waals surface area contributed by atoms with Gasteiger partial charge in [-0.3, -0.25) is 0 Å². The van der Waals surface area contributed by atoms with Crippen LogP contribution in [0.15, 0.2) is 388 Å². The summed E-state index contributed by atoms with van der Waals surface area (Å²) in [6.07, 6.45) is 0. The third-order valence-corrected chi connectivity index (χ3v) is 20.1. The molecule has 0 aliphatic carbocycles. The maximum Gasteiger partial charge on any atom is 0.164 e. The lowest BCUT2D eigenvalue weighted by Gasteiger charge is -2.12. The molecule has 4 heterocycles. The Labute approximate surface area is 612 Å². The van der Waals surface area contributed by atoms with Gasteiger partial charge in [-0.25, -0.2) is 29.9 Å². The molecule has 0 atom stereocenters. The number of hydrogen-bond acceptors (Lipinski definition) is 6. The first kappa shape index (κ1) is 62.6. The van der Waals surface area contributed by atoms with Gasteiger partial charge in [0.25, 0.3) is 0 Å². The van der Waals surface area contributed by atoms with Crippen LogP contribution < -0.4 is 0 Å². The van der Waals surface area contributed by atoms with Crippen LogP contribution in [0.3, 0.4) is 0 Å². The van der Waals surface area contributed by atoms with E-state index in [2.05, 4.69) is 276 Å². The van der Waals surface area contributed by atoms with Gasteiger partial charge in [0.05, 0.1) is 22.1 Å². The van der Waals surface area contributed by atoms with E-state index in [-0.39, 0.29) is 0 Å². The first-order valence-corrected chi connectivity index (χ1v) is 35.7. The topological polar surface area (TPSA) is 87.2 Å². The maximum absolute atomic E-state index is 5.02. The summed E-state index contributed by atoms with van der Waals surface area (Å²) in [6.45, 7) is 0. The number of hydrogen-bond donors (Lipinski definition) is 0. The minimum Gasteiger partial charge on any atom is -0.309 e. The SMILES string of the molecule is c1ccc(-c2ccc(-c3ccc4c(ccc5c4c4ccccc4n5-c4cccc(-c5nc(-c6ccccc6)nc(-c6ccccc6)n5)c4)c3)cc2)cc1.c1ccc(-c2ccc(-c3ccc4ccc5c(c4c3)c3ccccc3n5-c3cccc(-c4nc(-c5ccccc5)nc(-c5ccccc5)n4)c3)cc2)cc1. The van der Waals surface area contributed by atoms with Crippen LogP contribution in [-0.4, -0.2) is 39.0 Å². The minimum absolute atomic E-state index is 0.633. The largest absolute Gasteiger partial charge is 0.309 e. The molecule has 8 heteroatoms. The molecular formula is C98H64N8. The molecule has 0 unspecified atom stereocenters. The summed E-state index contributed by atoms with van der Waals surface area (Å²) in [7, 11) is 0. The second-order valence-corrected chi connectivity index (χ2v) is 26.6. The van der Waals surface area contributed by atoms with Crippen molar-refractivity contribution in [2.45, 2.75) is 0 Å². The maximum atomic E-state index is 5.02. The van der Waals surface area contributed by atoms with Gasteiger partial charge in [0.2, 0.25) is 0 Å². The van der Waals surface area contributed by atoms with E-state index >= 15 is 0 Å². The molecule has 0 aliphatic heterocycles. The quantitative estimate of drug-likeness (QED) is 0.121. The Hall–Kier alpha value is -14.3. The summed E-state index contributed by atoms with van der Waals surface area (Å²) in [5.41, 5.74) is 22.0. The van der Waals surface area contributed by atoms with E-state index in [4.69, 9.17) is 29.9 Å². The zero-order chi connectivity index (χ0) is 70.3. The van der Waals surface area contributed by atoms with Crippen LogP contribution in [0.2, 0.25) is 0 Å². The van der Waals surface area contributed by atoms with Crippen molar-refractivity contribution in [1.29, 1.82) is 0 Å². The van der Waals surface area contributed by atoms with E-state index in [0.717, 1.165) is 66.8 Å². The zero-order valence-electron chi connectivity index (χ0n) is 57.5. The molecule has 0 spiro atoms. The second kappa shape index (κ2) is 27.2. The fourth-order valence-corrected chi connectivity index (χ4v) is 14.9. The summed E-state index contributed by atoms with van der Waals surface area (Å²) in [6, 6.07) is 136. The lowest BCUT2D eigenvalue weighted by molar-refractivity contribution is 1.07. The third kappa shape index (κ3) is 11.9. The number of rotatable bonds is 12. The number of nitrogens with zero attached hydrogens (tertiary/aromatic N) is 8. The highest BCUT2D eigenvalue weighted by Gasteiger charge is 2.21. The fourth-order valence-electron chi connectivity index (χ4n) is 14.9. The predicted molar refractivity (Wildman–Crippen MR) is 438 cm³/mol. The Balaban J connectivity index is 0.000000145. The molecule has 496 valence electrons. The third-order valence-electron chi connectivity index (χ3n) is 20.1. The van der Waals surface area contributed by atoms with Crippen molar-refractivity contribution in [1.82, 2.24) is 39.0 Å². The molecule has 20 aromatic rings. The fraction of sp³-hybridized carbons (Fsp3) is 0. The van der Waals surface area contributed by atoms with Gasteiger partial charge < -0.3 is 9.13 Å². The molecule has 16 aromatic carbocycles. The first-order chi connectivity index (χ1) is 52.5. The van der Waals surface area contributed by atoms with Gasteiger partial charge >= 0.3 is 0 Å². The van der Waals surface area contributed by atoms with Gasteiger partial charge in [-0.15, -0.1) is 0 Å². The summed E-state index contributed by atoms with van der Waals surface area (Å²) in [5.74, 6) is 3.86. The van der Waals surface area contributed by atoms with E-state index in [1.54, 1.807) is 0 Å². The Morgan fingerprint density at radius 2 is 0.434 bits per heavy atom.